The molecule has 0 aliphatic heterocycles. The van der Waals surface area contributed by atoms with Gasteiger partial charge in [-0.15, -0.1) is 11.3 Å². The van der Waals surface area contributed by atoms with E-state index in [2.05, 4.69) is 15.3 Å². The van der Waals surface area contributed by atoms with Gasteiger partial charge in [-0.05, 0) is 25.0 Å². The van der Waals surface area contributed by atoms with Crippen LogP contribution in [0, 0.1) is 18.3 Å². The van der Waals surface area contributed by atoms with Gasteiger partial charge in [-0.1, -0.05) is 18.5 Å². The number of ether oxygens (including phenoxy) is 1. The quantitative estimate of drug-likeness (QED) is 0.387. The average molecular weight is 469 g/mol. The minimum Gasteiger partial charge on any atom is -0.465 e. The van der Waals surface area contributed by atoms with Crippen LogP contribution in [0.2, 0.25) is 5.02 Å². The van der Waals surface area contributed by atoms with E-state index in [1.807, 2.05) is 6.07 Å². The minimum atomic E-state index is -3.76. The topological polar surface area (TPSA) is 139 Å². The number of methoxy groups -OCH3 is 1. The summed E-state index contributed by atoms with van der Waals surface area (Å²) in [4.78, 5) is 33.1. The van der Waals surface area contributed by atoms with E-state index in [-0.39, 0.29) is 27.0 Å². The van der Waals surface area contributed by atoms with E-state index in [0.717, 1.165) is 17.5 Å². The monoisotopic (exact) mass is 468 g/mol. The minimum absolute atomic E-state index is 0.114. The summed E-state index contributed by atoms with van der Waals surface area (Å²) in [5.74, 6) is -1.76. The molecule has 0 fully saturated rings. The Kier molecular flexibility index (Phi) is 7.30. The van der Waals surface area contributed by atoms with E-state index >= 15 is 0 Å². The first-order valence-electron chi connectivity index (χ1n) is 8.42. The fourth-order valence-electron chi connectivity index (χ4n) is 2.44. The molecule has 0 radical (unpaired) electrons. The highest BCUT2D eigenvalue weighted by Gasteiger charge is 2.26. The van der Waals surface area contributed by atoms with E-state index < -0.39 is 26.9 Å². The molecule has 0 unspecified atom stereocenters. The molecule has 1 N–H and O–H groups in total. The van der Waals surface area contributed by atoms with Crippen molar-refractivity contribution in [3.8, 4) is 6.07 Å². The predicted octanol–water partition coefficient (Wildman–Crippen LogP) is 3.26. The van der Waals surface area contributed by atoms with Crippen LogP contribution in [0.5, 0.6) is 0 Å². The molecule has 0 bridgehead atoms. The number of thiophene rings is 1. The van der Waals surface area contributed by atoms with Crippen LogP contribution in [0.4, 0.5) is 5.00 Å². The smallest absolute Gasteiger partial charge is 0.341 e. The highest BCUT2D eigenvalue weighted by molar-refractivity contribution is 7.91. The van der Waals surface area contributed by atoms with E-state index in [9.17, 15) is 18.0 Å². The first kappa shape index (κ1) is 23.5. The molecule has 2 aromatic heterocycles. The van der Waals surface area contributed by atoms with E-state index in [0.29, 0.717) is 16.0 Å². The summed E-state index contributed by atoms with van der Waals surface area (Å²) in [6, 6.07) is 1.91. The lowest BCUT2D eigenvalue weighted by molar-refractivity contribution is 0.0601. The number of amides is 1. The second-order valence-corrected chi connectivity index (χ2v) is 9.51. The highest BCUT2D eigenvalue weighted by atomic mass is 35.5. The molecule has 2 heterocycles. The molecule has 9 nitrogen and oxygen atoms in total. The number of allylic oxidation sites excluding steroid dienone is 2. The molecule has 2 aromatic rings. The number of nitrogens with one attached hydrogen (secondary N) is 1. The van der Waals surface area contributed by atoms with Gasteiger partial charge in [-0.25, -0.2) is 23.2 Å². The molecule has 0 saturated carbocycles. The Balaban J connectivity index is 2.55. The van der Waals surface area contributed by atoms with Crippen molar-refractivity contribution in [3.63, 3.8) is 0 Å². The summed E-state index contributed by atoms with van der Waals surface area (Å²) >= 11 is 7.06. The fourth-order valence-corrected chi connectivity index (χ4v) is 4.48. The van der Waals surface area contributed by atoms with E-state index in [1.165, 1.54) is 20.1 Å². The Morgan fingerprint density at radius 1 is 1.43 bits per heavy atom. The lowest BCUT2D eigenvalue weighted by atomic mass is 10.1. The van der Waals surface area contributed by atoms with Gasteiger partial charge < -0.3 is 10.1 Å². The number of hydrogen-bond acceptors (Lipinski definition) is 9. The summed E-state index contributed by atoms with van der Waals surface area (Å²) < 4.78 is 28.8. The number of carbonyl (C=O) groups excluding carboxylic acids is 2. The molecule has 0 aromatic carbocycles. The standard InChI is InChI=1S/C18H17ClN4O5S2/c1-5-30(26,27)18-21-8-11(19)13(22-18)15(24)23-16-12(17(25)28-4)10(3)14(29-16)9(2)6-7-20/h6,8H,5H2,1-4H3,(H,23,24)/b9-6+. The summed E-state index contributed by atoms with van der Waals surface area (Å²) in [6.45, 7) is 4.77. The number of anilines is 1. The second kappa shape index (κ2) is 9.34. The van der Waals surface area contributed by atoms with Gasteiger partial charge >= 0.3 is 5.97 Å². The number of halogens is 1. The van der Waals surface area contributed by atoms with Gasteiger partial charge in [0.1, 0.15) is 5.00 Å². The van der Waals surface area contributed by atoms with Crippen LogP contribution in [0.1, 0.15) is 45.1 Å². The molecular formula is C18H17ClN4O5S2. The second-order valence-electron chi connectivity index (χ2n) is 5.92. The third kappa shape index (κ3) is 4.67. The van der Waals surface area contributed by atoms with E-state index in [1.54, 1.807) is 13.8 Å². The largest absolute Gasteiger partial charge is 0.465 e. The summed E-state index contributed by atoms with van der Waals surface area (Å²) in [5.41, 5.74) is 0.880. The predicted molar refractivity (Wildman–Crippen MR) is 112 cm³/mol. The summed E-state index contributed by atoms with van der Waals surface area (Å²) in [7, 11) is -2.56. The molecule has 30 heavy (non-hydrogen) atoms. The number of rotatable bonds is 6. The highest BCUT2D eigenvalue weighted by Crippen LogP contribution is 2.38. The number of hydrogen-bond donors (Lipinski definition) is 1. The maximum Gasteiger partial charge on any atom is 0.341 e. The van der Waals surface area contributed by atoms with Crippen LogP contribution >= 0.6 is 22.9 Å². The maximum atomic E-state index is 12.8. The van der Waals surface area contributed by atoms with Gasteiger partial charge in [-0.3, -0.25) is 4.79 Å². The Morgan fingerprint density at radius 2 is 2.10 bits per heavy atom. The molecule has 12 heteroatoms. The number of nitriles is 1. The molecule has 0 aliphatic carbocycles. The Bertz CT molecular complexity index is 1200. The summed E-state index contributed by atoms with van der Waals surface area (Å²) in [6.07, 6.45) is 2.34. The van der Waals surface area contributed by atoms with Crippen LogP contribution in [0.25, 0.3) is 5.57 Å². The molecule has 0 atom stereocenters. The van der Waals surface area contributed by atoms with Crippen LogP contribution < -0.4 is 5.32 Å². The molecule has 0 aliphatic rings. The first-order valence-corrected chi connectivity index (χ1v) is 11.3. The molecule has 0 spiro atoms. The lowest BCUT2D eigenvalue weighted by Gasteiger charge is -2.08. The number of esters is 1. The van der Waals surface area contributed by atoms with Crippen molar-refractivity contribution in [2.24, 2.45) is 0 Å². The molecule has 158 valence electrons. The normalized spacial score (nSPS) is 11.7. The van der Waals surface area contributed by atoms with Gasteiger partial charge in [0.25, 0.3) is 5.91 Å². The Hall–Kier alpha value is -2.81. The average Bonchev–Trinajstić information content (AvgIpc) is 3.03. The van der Waals surface area contributed by atoms with Crippen molar-refractivity contribution in [1.29, 1.82) is 5.26 Å². The SMILES string of the molecule is CCS(=O)(=O)c1ncc(Cl)c(C(=O)Nc2sc(/C(C)=C/C#N)c(C)c2C(=O)OC)n1. The Morgan fingerprint density at radius 3 is 2.67 bits per heavy atom. The molecular weight excluding hydrogens is 452 g/mol. The van der Waals surface area contributed by atoms with Gasteiger partial charge in [0.2, 0.25) is 15.0 Å². The molecule has 2 rings (SSSR count). The third-order valence-electron chi connectivity index (χ3n) is 4.00. The number of sulfone groups is 1. The van der Waals surface area contributed by atoms with Crippen molar-refractivity contribution in [2.45, 2.75) is 25.9 Å². The maximum absolute atomic E-state index is 12.8. The van der Waals surface area contributed by atoms with Crippen LogP contribution in [0.3, 0.4) is 0 Å². The van der Waals surface area contributed by atoms with Gasteiger partial charge in [0.05, 0.1) is 35.7 Å². The van der Waals surface area contributed by atoms with E-state index in [4.69, 9.17) is 21.6 Å². The van der Waals surface area contributed by atoms with Crippen LogP contribution in [-0.2, 0) is 14.6 Å². The van der Waals surface area contributed by atoms with Crippen molar-refractivity contribution in [1.82, 2.24) is 9.97 Å². The number of aromatic nitrogens is 2. The fraction of sp³-hybridized carbons (Fsp3) is 0.278. The van der Waals surface area contributed by atoms with Gasteiger partial charge in [-0.2, -0.15) is 5.26 Å². The van der Waals surface area contributed by atoms with Crippen molar-refractivity contribution < 1.29 is 22.7 Å². The van der Waals surface area contributed by atoms with Crippen molar-refractivity contribution in [2.75, 3.05) is 18.2 Å². The molecule has 1 amide bonds. The van der Waals surface area contributed by atoms with Crippen LogP contribution in [-0.4, -0.2) is 43.1 Å². The zero-order valence-electron chi connectivity index (χ0n) is 16.4. The zero-order valence-corrected chi connectivity index (χ0v) is 18.8. The third-order valence-corrected chi connectivity index (χ3v) is 7.13. The molecule has 0 saturated heterocycles. The van der Waals surface area contributed by atoms with Crippen molar-refractivity contribution in [3.05, 3.63) is 39.0 Å². The zero-order chi connectivity index (χ0) is 22.6. The number of nitrogens with zero attached hydrogens (tertiary/aromatic N) is 3. The van der Waals surface area contributed by atoms with Gasteiger partial charge in [0.15, 0.2) is 5.69 Å². The van der Waals surface area contributed by atoms with Crippen molar-refractivity contribution >= 4 is 55.2 Å². The summed E-state index contributed by atoms with van der Waals surface area (Å²) in [5, 5.41) is 10.9. The number of carbonyl (C=O) groups is 2. The van der Waals surface area contributed by atoms with Gasteiger partial charge in [0, 0.05) is 11.0 Å². The first-order chi connectivity index (χ1) is 14.1. The lowest BCUT2D eigenvalue weighted by Crippen LogP contribution is -2.19. The van der Waals surface area contributed by atoms with Crippen LogP contribution in [0.15, 0.2) is 17.4 Å². The Labute approximate surface area is 182 Å².